The molecule has 0 bridgehead atoms. The molecule has 2 radical (unpaired) electrons. The highest BCUT2D eigenvalue weighted by Gasteiger charge is 2.27. The number of hydrogen-bond acceptors (Lipinski definition) is 5. The van der Waals surface area contributed by atoms with Crippen LogP contribution >= 0.6 is 8.53 Å². The smallest absolute Gasteiger partial charge is 0.259 e. The average molecular weight is 328 g/mol. The molecule has 5 nitrogen and oxygen atoms in total. The highest BCUT2D eigenvalue weighted by atomic mass is 31.2. The van der Waals surface area contributed by atoms with Crippen LogP contribution in [0.2, 0.25) is 6.32 Å². The second-order valence-corrected chi connectivity index (χ2v) is 6.99. The molecular weight excluding hydrogens is 298 g/mol. The van der Waals surface area contributed by atoms with Crippen LogP contribution in [-0.2, 0) is 13.8 Å². The summed E-state index contributed by atoms with van der Waals surface area (Å²) >= 11 is 0. The zero-order chi connectivity index (χ0) is 17.0. The molecule has 0 saturated carbocycles. The lowest BCUT2D eigenvalue weighted by Gasteiger charge is -2.36. The minimum atomic E-state index is -1.20. The lowest BCUT2D eigenvalue weighted by Crippen LogP contribution is -2.34. The maximum Gasteiger partial charge on any atom is 0.259 e. The molecule has 2 unspecified atom stereocenters. The van der Waals surface area contributed by atoms with Crippen molar-refractivity contribution in [3.8, 4) is 6.07 Å². The van der Waals surface area contributed by atoms with E-state index < -0.39 is 8.53 Å². The van der Waals surface area contributed by atoms with Gasteiger partial charge in [0.15, 0.2) is 0 Å². The molecule has 0 saturated heterocycles. The van der Waals surface area contributed by atoms with Gasteiger partial charge in [-0.2, -0.15) is 5.26 Å². The predicted molar refractivity (Wildman–Crippen MR) is 91.8 cm³/mol. The number of rotatable bonds is 13. The molecule has 0 aliphatic rings. The fourth-order valence-electron chi connectivity index (χ4n) is 1.98. The summed E-state index contributed by atoms with van der Waals surface area (Å²) in [4.78, 5) is 0. The van der Waals surface area contributed by atoms with Crippen molar-refractivity contribution in [2.24, 2.45) is 0 Å². The fourth-order valence-corrected chi connectivity index (χ4v) is 3.62. The van der Waals surface area contributed by atoms with Gasteiger partial charge >= 0.3 is 0 Å². The Kier molecular flexibility index (Phi) is 13.2. The lowest BCUT2D eigenvalue weighted by atomic mass is 10.1. The molecule has 0 amide bonds. The van der Waals surface area contributed by atoms with Crippen LogP contribution in [0.5, 0.6) is 0 Å². The third-order valence-electron chi connectivity index (χ3n) is 2.96. The average Bonchev–Trinajstić information content (AvgIpc) is 2.46. The Labute approximate surface area is 138 Å². The van der Waals surface area contributed by atoms with Crippen molar-refractivity contribution < 1.29 is 13.8 Å². The van der Waals surface area contributed by atoms with Crippen molar-refractivity contribution in [1.29, 1.82) is 5.26 Å². The third kappa shape index (κ3) is 9.07. The van der Waals surface area contributed by atoms with E-state index in [1.54, 1.807) is 0 Å². The molecule has 0 N–H and O–H groups in total. The third-order valence-corrected chi connectivity index (χ3v) is 5.03. The number of nitriles is 1. The first-order valence-corrected chi connectivity index (χ1v) is 9.13. The van der Waals surface area contributed by atoms with Gasteiger partial charge < -0.3 is 13.8 Å². The van der Waals surface area contributed by atoms with Crippen molar-refractivity contribution in [3.05, 3.63) is 0 Å². The first kappa shape index (κ1) is 21.8. The summed E-state index contributed by atoms with van der Waals surface area (Å²) in [6, 6.07) is 2.70. The lowest BCUT2D eigenvalue weighted by molar-refractivity contribution is 0.0199. The fraction of sp³-hybridized carbons (Fsp3) is 0.933. The molecule has 7 heteroatoms. The standard InChI is InChI=1S/C15H30BN2O3P/c1-6-15(19-11-8-16)12-21-22(20-10-7-9-17)18(13(2)3)14(4)5/h13-15H,6-8,10-12H2,1-5H3. The van der Waals surface area contributed by atoms with E-state index in [4.69, 9.17) is 26.9 Å². The van der Waals surface area contributed by atoms with Gasteiger partial charge in [0.2, 0.25) is 0 Å². The molecule has 0 aliphatic carbocycles. The minimum Gasteiger partial charge on any atom is -0.377 e. The van der Waals surface area contributed by atoms with E-state index in [0.717, 1.165) is 6.42 Å². The van der Waals surface area contributed by atoms with E-state index in [0.29, 0.717) is 44.6 Å². The molecule has 0 aliphatic heterocycles. The number of hydrogen-bond donors (Lipinski definition) is 0. The van der Waals surface area contributed by atoms with Crippen molar-refractivity contribution in [1.82, 2.24) is 4.67 Å². The number of nitrogens with zero attached hydrogens (tertiary/aromatic N) is 2. The van der Waals surface area contributed by atoms with Crippen molar-refractivity contribution >= 4 is 16.4 Å². The first-order valence-electron chi connectivity index (χ1n) is 8.00. The van der Waals surface area contributed by atoms with Crippen molar-refractivity contribution in [2.45, 2.75) is 72.0 Å². The van der Waals surface area contributed by atoms with Crippen LogP contribution in [0.15, 0.2) is 0 Å². The Bertz CT molecular complexity index is 306. The molecular formula is C15H30BN2O3P. The van der Waals surface area contributed by atoms with E-state index in [2.05, 4.69) is 45.4 Å². The van der Waals surface area contributed by atoms with Crippen LogP contribution in [0, 0.1) is 11.3 Å². The molecule has 0 aromatic rings. The highest BCUT2D eigenvalue weighted by Crippen LogP contribution is 2.46. The zero-order valence-corrected chi connectivity index (χ0v) is 15.5. The van der Waals surface area contributed by atoms with Gasteiger partial charge in [-0.3, -0.25) is 0 Å². The van der Waals surface area contributed by atoms with Gasteiger partial charge in [-0.05, 0) is 34.1 Å². The molecule has 0 fully saturated rings. The van der Waals surface area contributed by atoms with E-state index >= 15 is 0 Å². The van der Waals surface area contributed by atoms with Crippen LogP contribution in [0.1, 0.15) is 47.5 Å². The van der Waals surface area contributed by atoms with Gasteiger partial charge in [0.05, 0.1) is 39.7 Å². The largest absolute Gasteiger partial charge is 0.377 e. The second-order valence-electron chi connectivity index (χ2n) is 5.53. The van der Waals surface area contributed by atoms with E-state index in [9.17, 15) is 0 Å². The van der Waals surface area contributed by atoms with E-state index in [1.165, 1.54) is 0 Å². The van der Waals surface area contributed by atoms with E-state index in [-0.39, 0.29) is 6.10 Å². The van der Waals surface area contributed by atoms with Gasteiger partial charge in [-0.15, -0.1) is 0 Å². The Morgan fingerprint density at radius 3 is 2.23 bits per heavy atom. The summed E-state index contributed by atoms with van der Waals surface area (Å²) in [7, 11) is 4.27. The highest BCUT2D eigenvalue weighted by molar-refractivity contribution is 7.44. The van der Waals surface area contributed by atoms with Gasteiger partial charge in [0.25, 0.3) is 8.53 Å². The summed E-state index contributed by atoms with van der Waals surface area (Å²) in [5.41, 5.74) is 0. The Morgan fingerprint density at radius 2 is 1.77 bits per heavy atom. The molecule has 126 valence electrons. The molecule has 0 heterocycles. The van der Waals surface area contributed by atoms with Crippen LogP contribution < -0.4 is 0 Å². The van der Waals surface area contributed by atoms with Crippen LogP contribution in [0.4, 0.5) is 0 Å². The van der Waals surface area contributed by atoms with Crippen LogP contribution in [0.25, 0.3) is 0 Å². The zero-order valence-electron chi connectivity index (χ0n) is 14.6. The summed E-state index contributed by atoms with van der Waals surface area (Å²) in [6.07, 6.45) is 1.76. The summed E-state index contributed by atoms with van der Waals surface area (Å²) in [5.74, 6) is 0. The number of ether oxygens (including phenoxy) is 1. The first-order chi connectivity index (χ1) is 10.5. The monoisotopic (exact) mass is 328 g/mol. The normalized spacial score (nSPS) is 14.5. The summed E-state index contributed by atoms with van der Waals surface area (Å²) in [5, 5.41) is 8.68. The van der Waals surface area contributed by atoms with Gasteiger partial charge in [-0.25, -0.2) is 4.67 Å². The van der Waals surface area contributed by atoms with Gasteiger partial charge in [-0.1, -0.05) is 13.2 Å². The minimum absolute atomic E-state index is 0.0225. The molecule has 0 aromatic heterocycles. The topological polar surface area (TPSA) is 54.7 Å². The molecule has 0 spiro atoms. The Balaban J connectivity index is 4.65. The van der Waals surface area contributed by atoms with Crippen molar-refractivity contribution in [2.75, 3.05) is 19.8 Å². The predicted octanol–water partition coefficient (Wildman–Crippen LogP) is 3.66. The molecule has 22 heavy (non-hydrogen) atoms. The molecule has 0 aromatic carbocycles. The molecule has 2 atom stereocenters. The van der Waals surface area contributed by atoms with Crippen LogP contribution in [0.3, 0.4) is 0 Å². The quantitative estimate of drug-likeness (QED) is 0.293. The summed E-state index contributed by atoms with van der Waals surface area (Å²) in [6.45, 7) is 11.9. The van der Waals surface area contributed by atoms with Crippen LogP contribution in [-0.4, -0.2) is 50.5 Å². The molecule has 0 rings (SSSR count). The summed E-state index contributed by atoms with van der Waals surface area (Å²) < 4.78 is 19.7. The van der Waals surface area contributed by atoms with E-state index in [1.807, 2.05) is 0 Å². The Morgan fingerprint density at radius 1 is 1.14 bits per heavy atom. The van der Waals surface area contributed by atoms with Gasteiger partial charge in [0, 0.05) is 18.7 Å². The van der Waals surface area contributed by atoms with Crippen molar-refractivity contribution in [3.63, 3.8) is 0 Å². The second kappa shape index (κ2) is 13.3. The Hall–Kier alpha value is -0.175. The maximum atomic E-state index is 8.68. The SMILES string of the molecule is [B]CCOC(CC)COP(OCCC#N)N(C(C)C)C(C)C. The maximum absolute atomic E-state index is 8.68. The van der Waals surface area contributed by atoms with Gasteiger partial charge in [0.1, 0.15) is 0 Å².